The third-order valence-corrected chi connectivity index (χ3v) is 2.39. The van der Waals surface area contributed by atoms with Crippen molar-refractivity contribution < 1.29 is 4.79 Å². The lowest BCUT2D eigenvalue weighted by molar-refractivity contribution is 0.112. The number of carbonyl (C=O) groups excluding carboxylic acids is 1. The fraction of sp³-hybridized carbons (Fsp3) is 0.273. The number of aryl methyl sites for hydroxylation is 1. The van der Waals surface area contributed by atoms with E-state index in [9.17, 15) is 4.79 Å². The first-order valence-electron chi connectivity index (χ1n) is 4.93. The lowest BCUT2D eigenvalue weighted by Crippen LogP contribution is -2.04. The number of hydrogen-bond acceptors (Lipinski definition) is 2. The summed E-state index contributed by atoms with van der Waals surface area (Å²) in [6, 6.07) is 1.81. The van der Waals surface area contributed by atoms with E-state index >= 15 is 0 Å². The molecule has 4 heteroatoms. The molecule has 2 aromatic rings. The van der Waals surface area contributed by atoms with Crippen LogP contribution in [0.15, 0.2) is 31.0 Å². The van der Waals surface area contributed by atoms with Crippen LogP contribution in [-0.4, -0.2) is 20.4 Å². The molecule has 0 atom stereocenters. The third kappa shape index (κ3) is 1.98. The SMILES string of the molecule is CCn1cncc1Cn1ccc(C=O)c1. The lowest BCUT2D eigenvalue weighted by Gasteiger charge is -2.05. The Bertz CT molecular complexity index is 456. The molecule has 78 valence electrons. The van der Waals surface area contributed by atoms with Gasteiger partial charge >= 0.3 is 0 Å². The van der Waals surface area contributed by atoms with Gasteiger partial charge in [-0.3, -0.25) is 4.79 Å². The van der Waals surface area contributed by atoms with Gasteiger partial charge in [0.2, 0.25) is 0 Å². The second-order valence-corrected chi connectivity index (χ2v) is 3.41. The molecule has 0 bridgehead atoms. The molecule has 2 rings (SSSR count). The molecule has 0 saturated carbocycles. The van der Waals surface area contributed by atoms with E-state index in [0.717, 1.165) is 25.1 Å². The van der Waals surface area contributed by atoms with Crippen LogP contribution in [0.25, 0.3) is 0 Å². The Balaban J connectivity index is 2.17. The number of hydrogen-bond donors (Lipinski definition) is 0. The van der Waals surface area contributed by atoms with Crippen LogP contribution in [0.5, 0.6) is 0 Å². The van der Waals surface area contributed by atoms with E-state index in [1.54, 1.807) is 6.07 Å². The van der Waals surface area contributed by atoms with Crippen LogP contribution >= 0.6 is 0 Å². The van der Waals surface area contributed by atoms with Gasteiger partial charge in [0, 0.05) is 30.7 Å². The van der Waals surface area contributed by atoms with E-state index in [2.05, 4.69) is 16.5 Å². The summed E-state index contributed by atoms with van der Waals surface area (Å²) >= 11 is 0. The minimum absolute atomic E-state index is 0.706. The Labute approximate surface area is 88.2 Å². The van der Waals surface area contributed by atoms with Crippen molar-refractivity contribution in [2.75, 3.05) is 0 Å². The molecule has 0 aliphatic rings. The predicted octanol–water partition coefficient (Wildman–Crippen LogP) is 1.57. The molecule has 0 aromatic carbocycles. The first-order valence-corrected chi connectivity index (χ1v) is 4.93. The maximum atomic E-state index is 10.5. The van der Waals surface area contributed by atoms with Crippen molar-refractivity contribution in [1.82, 2.24) is 14.1 Å². The summed E-state index contributed by atoms with van der Waals surface area (Å²) in [5.74, 6) is 0. The van der Waals surface area contributed by atoms with Gasteiger partial charge in [-0.25, -0.2) is 4.98 Å². The molecule has 0 saturated heterocycles. The highest BCUT2D eigenvalue weighted by atomic mass is 16.1. The highest BCUT2D eigenvalue weighted by molar-refractivity contribution is 5.74. The van der Waals surface area contributed by atoms with Crippen LogP contribution in [0.1, 0.15) is 23.0 Å². The van der Waals surface area contributed by atoms with Gasteiger partial charge in [0.1, 0.15) is 0 Å². The zero-order chi connectivity index (χ0) is 10.7. The number of aromatic nitrogens is 3. The zero-order valence-electron chi connectivity index (χ0n) is 8.63. The molecule has 15 heavy (non-hydrogen) atoms. The minimum Gasteiger partial charge on any atom is -0.348 e. The zero-order valence-corrected chi connectivity index (χ0v) is 8.63. The summed E-state index contributed by atoms with van der Waals surface area (Å²) < 4.78 is 4.06. The highest BCUT2D eigenvalue weighted by Crippen LogP contribution is 2.05. The van der Waals surface area contributed by atoms with Crippen molar-refractivity contribution in [1.29, 1.82) is 0 Å². The summed E-state index contributed by atoms with van der Waals surface area (Å²) in [6.07, 6.45) is 8.26. The van der Waals surface area contributed by atoms with Crippen molar-refractivity contribution in [3.05, 3.63) is 42.2 Å². The molecular weight excluding hydrogens is 190 g/mol. The third-order valence-electron chi connectivity index (χ3n) is 2.39. The Morgan fingerprint density at radius 2 is 2.40 bits per heavy atom. The number of carbonyl (C=O) groups is 1. The average molecular weight is 203 g/mol. The fourth-order valence-corrected chi connectivity index (χ4v) is 1.58. The second kappa shape index (κ2) is 4.13. The molecule has 0 aliphatic heterocycles. The van der Waals surface area contributed by atoms with E-state index in [4.69, 9.17) is 0 Å². The molecule has 0 N–H and O–H groups in total. The molecule has 0 spiro atoms. The van der Waals surface area contributed by atoms with Crippen LogP contribution < -0.4 is 0 Å². The van der Waals surface area contributed by atoms with E-state index in [1.807, 2.05) is 29.5 Å². The number of aldehydes is 1. The summed E-state index contributed by atoms with van der Waals surface area (Å²) in [7, 11) is 0. The number of imidazole rings is 1. The molecule has 0 amide bonds. The van der Waals surface area contributed by atoms with Crippen LogP contribution in [0.4, 0.5) is 0 Å². The van der Waals surface area contributed by atoms with Gasteiger partial charge in [-0.15, -0.1) is 0 Å². The van der Waals surface area contributed by atoms with E-state index in [-0.39, 0.29) is 0 Å². The molecular formula is C11H13N3O. The van der Waals surface area contributed by atoms with Gasteiger partial charge in [-0.05, 0) is 13.0 Å². The van der Waals surface area contributed by atoms with Gasteiger partial charge < -0.3 is 9.13 Å². The number of rotatable bonds is 4. The summed E-state index contributed by atoms with van der Waals surface area (Å²) in [5.41, 5.74) is 1.85. The largest absolute Gasteiger partial charge is 0.348 e. The normalized spacial score (nSPS) is 10.5. The van der Waals surface area contributed by atoms with Gasteiger partial charge in [0.15, 0.2) is 6.29 Å². The van der Waals surface area contributed by atoms with Gasteiger partial charge in [-0.2, -0.15) is 0 Å². The van der Waals surface area contributed by atoms with E-state index in [0.29, 0.717) is 5.56 Å². The van der Waals surface area contributed by atoms with E-state index < -0.39 is 0 Å². The summed E-state index contributed by atoms with van der Waals surface area (Å²) in [5, 5.41) is 0. The Kier molecular flexibility index (Phi) is 2.67. The van der Waals surface area contributed by atoms with Crippen molar-refractivity contribution in [3.8, 4) is 0 Å². The fourth-order valence-electron chi connectivity index (χ4n) is 1.58. The average Bonchev–Trinajstić information content (AvgIpc) is 2.87. The lowest BCUT2D eigenvalue weighted by atomic mass is 10.4. The quantitative estimate of drug-likeness (QED) is 0.707. The smallest absolute Gasteiger partial charge is 0.151 e. The van der Waals surface area contributed by atoms with Gasteiger partial charge in [0.05, 0.1) is 18.6 Å². The Morgan fingerprint density at radius 1 is 1.53 bits per heavy atom. The van der Waals surface area contributed by atoms with Crippen LogP contribution in [0.3, 0.4) is 0 Å². The molecule has 4 nitrogen and oxygen atoms in total. The summed E-state index contributed by atoms with van der Waals surface area (Å²) in [6.45, 7) is 3.75. The van der Waals surface area contributed by atoms with E-state index in [1.165, 1.54) is 0 Å². The first-order chi connectivity index (χ1) is 7.33. The Hall–Kier alpha value is -1.84. The first kappa shape index (κ1) is 9.71. The van der Waals surface area contributed by atoms with Crippen molar-refractivity contribution in [2.24, 2.45) is 0 Å². The number of nitrogens with zero attached hydrogens (tertiary/aromatic N) is 3. The molecule has 0 unspecified atom stereocenters. The van der Waals surface area contributed by atoms with Crippen LogP contribution in [-0.2, 0) is 13.1 Å². The molecule has 0 aliphatic carbocycles. The van der Waals surface area contributed by atoms with Crippen LogP contribution in [0.2, 0.25) is 0 Å². The highest BCUT2D eigenvalue weighted by Gasteiger charge is 2.01. The second-order valence-electron chi connectivity index (χ2n) is 3.41. The molecule has 2 heterocycles. The monoisotopic (exact) mass is 203 g/mol. The van der Waals surface area contributed by atoms with Crippen molar-refractivity contribution >= 4 is 6.29 Å². The van der Waals surface area contributed by atoms with Crippen molar-refractivity contribution in [3.63, 3.8) is 0 Å². The van der Waals surface area contributed by atoms with Crippen LogP contribution in [0, 0.1) is 0 Å². The topological polar surface area (TPSA) is 39.8 Å². The molecule has 0 radical (unpaired) electrons. The molecule has 2 aromatic heterocycles. The summed E-state index contributed by atoms with van der Waals surface area (Å²) in [4.78, 5) is 14.6. The standard InChI is InChI=1S/C11H13N3O/c1-2-14-9-12-5-11(14)7-13-4-3-10(6-13)8-15/h3-6,8-9H,2,7H2,1H3. The Morgan fingerprint density at radius 3 is 3.07 bits per heavy atom. The maximum Gasteiger partial charge on any atom is 0.151 e. The maximum absolute atomic E-state index is 10.5. The van der Waals surface area contributed by atoms with Gasteiger partial charge in [-0.1, -0.05) is 0 Å². The van der Waals surface area contributed by atoms with Crippen molar-refractivity contribution in [2.45, 2.75) is 20.0 Å². The molecule has 0 fully saturated rings. The minimum atomic E-state index is 0.706. The predicted molar refractivity (Wildman–Crippen MR) is 56.8 cm³/mol. The van der Waals surface area contributed by atoms with Gasteiger partial charge in [0.25, 0.3) is 0 Å².